The molecule has 6 nitrogen and oxygen atoms in total. The summed E-state index contributed by atoms with van der Waals surface area (Å²) in [6.45, 7) is 1.13. The molecule has 1 saturated carbocycles. The molecule has 0 spiro atoms. The Morgan fingerprint density at radius 3 is 2.65 bits per heavy atom. The van der Waals surface area contributed by atoms with Crippen LogP contribution < -0.4 is 4.74 Å². The molecule has 2 aliphatic rings. The fraction of sp³-hybridized carbons (Fsp3) is 0.450. The zero-order valence-electron chi connectivity index (χ0n) is 14.9. The van der Waals surface area contributed by atoms with E-state index >= 15 is 0 Å². The van der Waals surface area contributed by atoms with E-state index in [1.54, 1.807) is 36.3 Å². The number of amides is 1. The quantitative estimate of drug-likeness (QED) is 0.839. The van der Waals surface area contributed by atoms with Crippen LogP contribution in [0, 0.1) is 5.92 Å². The number of nitrogens with one attached hydrogen (secondary N) is 1. The molecule has 1 aliphatic heterocycles. The van der Waals surface area contributed by atoms with Gasteiger partial charge in [0.2, 0.25) is 0 Å². The molecule has 1 aromatic heterocycles. The molecule has 2 heterocycles. The smallest absolute Gasteiger partial charge is 0.274 e. The molecule has 2 aromatic rings. The number of carbonyl (C=O) groups is 2. The number of hydrogen-bond acceptors (Lipinski definition) is 4. The van der Waals surface area contributed by atoms with Crippen molar-refractivity contribution in [2.75, 3.05) is 20.2 Å². The van der Waals surface area contributed by atoms with Gasteiger partial charge in [-0.15, -0.1) is 0 Å². The zero-order chi connectivity index (χ0) is 18.1. The summed E-state index contributed by atoms with van der Waals surface area (Å²) in [5.74, 6) is 1.11. The Labute approximate surface area is 152 Å². The van der Waals surface area contributed by atoms with E-state index in [9.17, 15) is 9.59 Å². The van der Waals surface area contributed by atoms with Gasteiger partial charge in [0.05, 0.1) is 7.11 Å². The second kappa shape index (κ2) is 6.94. The number of methoxy groups -OCH3 is 1. The van der Waals surface area contributed by atoms with Gasteiger partial charge in [0.1, 0.15) is 11.4 Å². The summed E-state index contributed by atoms with van der Waals surface area (Å²) in [6, 6.07) is 9.04. The number of likely N-dealkylation sites (tertiary alicyclic amines) is 1. The number of Topliss-reactive ketones (excluding diaryl/α,β-unsaturated/α-hetero) is 1. The molecule has 1 saturated heterocycles. The minimum Gasteiger partial charge on any atom is -0.497 e. The lowest BCUT2D eigenvalue weighted by Crippen LogP contribution is -2.42. The third-order valence-electron chi connectivity index (χ3n) is 5.29. The highest BCUT2D eigenvalue weighted by Gasteiger charge is 2.32. The number of carbonyl (C=O) groups excluding carboxylic acids is 2. The molecule has 136 valence electrons. The Morgan fingerprint density at radius 1 is 1.19 bits per heavy atom. The highest BCUT2D eigenvalue weighted by molar-refractivity contribution is 5.99. The molecule has 4 rings (SSSR count). The molecule has 0 radical (unpaired) electrons. The zero-order valence-corrected chi connectivity index (χ0v) is 14.9. The van der Waals surface area contributed by atoms with Crippen LogP contribution in [0.2, 0.25) is 0 Å². The number of aromatic amines is 1. The van der Waals surface area contributed by atoms with Crippen LogP contribution in [-0.4, -0.2) is 47.0 Å². The molecule has 0 bridgehead atoms. The maximum absolute atomic E-state index is 12.8. The van der Waals surface area contributed by atoms with Crippen molar-refractivity contribution < 1.29 is 14.3 Å². The Bertz CT molecular complexity index is 808. The van der Waals surface area contributed by atoms with Crippen LogP contribution in [0.15, 0.2) is 30.3 Å². The second-order valence-electron chi connectivity index (χ2n) is 7.17. The average molecular weight is 353 g/mol. The van der Waals surface area contributed by atoms with Crippen LogP contribution in [0.4, 0.5) is 0 Å². The molecular weight excluding hydrogens is 330 g/mol. The predicted molar refractivity (Wildman–Crippen MR) is 96.5 cm³/mol. The van der Waals surface area contributed by atoms with Gasteiger partial charge in [0, 0.05) is 36.2 Å². The van der Waals surface area contributed by atoms with Gasteiger partial charge in [-0.25, -0.2) is 0 Å². The van der Waals surface area contributed by atoms with Crippen molar-refractivity contribution in [2.24, 2.45) is 5.92 Å². The molecule has 26 heavy (non-hydrogen) atoms. The van der Waals surface area contributed by atoms with Crippen LogP contribution >= 0.6 is 0 Å². The maximum Gasteiger partial charge on any atom is 0.274 e. The van der Waals surface area contributed by atoms with E-state index in [1.807, 2.05) is 6.07 Å². The van der Waals surface area contributed by atoms with Crippen molar-refractivity contribution in [2.45, 2.75) is 31.6 Å². The fourth-order valence-corrected chi connectivity index (χ4v) is 3.58. The first-order chi connectivity index (χ1) is 12.7. The molecule has 1 aromatic carbocycles. The van der Waals surface area contributed by atoms with Gasteiger partial charge in [-0.2, -0.15) is 5.10 Å². The standard InChI is InChI=1S/C20H23N3O3/c1-26-16-8-6-14(7-9-16)19(24)15-3-2-10-23(12-15)20(25)18-11-17(21-22-18)13-4-5-13/h6-9,11,13,15H,2-5,10,12H2,1H3,(H,21,22)/t15-/m0/s1. The van der Waals surface area contributed by atoms with E-state index in [-0.39, 0.29) is 17.6 Å². The summed E-state index contributed by atoms with van der Waals surface area (Å²) in [5.41, 5.74) is 2.18. The number of hydrogen-bond donors (Lipinski definition) is 1. The molecule has 6 heteroatoms. The average Bonchev–Trinajstić information content (AvgIpc) is 3.44. The maximum atomic E-state index is 12.8. The lowest BCUT2D eigenvalue weighted by atomic mass is 9.90. The highest BCUT2D eigenvalue weighted by Crippen LogP contribution is 2.39. The molecule has 2 fully saturated rings. The molecule has 1 atom stereocenters. The molecule has 0 unspecified atom stereocenters. The van der Waals surface area contributed by atoms with Crippen molar-refractivity contribution in [1.82, 2.24) is 15.1 Å². The van der Waals surface area contributed by atoms with Crippen molar-refractivity contribution in [3.8, 4) is 5.75 Å². The third-order valence-corrected chi connectivity index (χ3v) is 5.29. The SMILES string of the molecule is COc1ccc(C(=O)[C@H]2CCCN(C(=O)c3cc(C4CC4)[nH]n3)C2)cc1. The van der Waals surface area contributed by atoms with E-state index in [1.165, 1.54) is 0 Å². The number of rotatable bonds is 5. The van der Waals surface area contributed by atoms with Crippen molar-refractivity contribution in [3.05, 3.63) is 47.3 Å². The lowest BCUT2D eigenvalue weighted by Gasteiger charge is -2.31. The summed E-state index contributed by atoms with van der Waals surface area (Å²) in [5, 5.41) is 7.17. The summed E-state index contributed by atoms with van der Waals surface area (Å²) in [7, 11) is 1.60. The molecule has 1 N–H and O–H groups in total. The summed E-state index contributed by atoms with van der Waals surface area (Å²) in [6.07, 6.45) is 3.97. The minimum atomic E-state index is -0.164. The van der Waals surface area contributed by atoms with E-state index in [2.05, 4.69) is 10.2 Å². The number of ketones is 1. The minimum absolute atomic E-state index is 0.0830. The van der Waals surface area contributed by atoms with E-state index in [0.717, 1.165) is 37.1 Å². The number of benzene rings is 1. The number of nitrogens with zero attached hydrogens (tertiary/aromatic N) is 2. The monoisotopic (exact) mass is 353 g/mol. The van der Waals surface area contributed by atoms with Crippen molar-refractivity contribution in [3.63, 3.8) is 0 Å². The first-order valence-electron chi connectivity index (χ1n) is 9.18. The first-order valence-corrected chi connectivity index (χ1v) is 9.18. The van der Waals surface area contributed by atoms with Gasteiger partial charge in [-0.3, -0.25) is 14.7 Å². The fourth-order valence-electron chi connectivity index (χ4n) is 3.58. The van der Waals surface area contributed by atoms with Crippen molar-refractivity contribution in [1.29, 1.82) is 0 Å². The van der Waals surface area contributed by atoms with Gasteiger partial charge < -0.3 is 9.64 Å². The van der Waals surface area contributed by atoms with Gasteiger partial charge in [0.15, 0.2) is 5.78 Å². The van der Waals surface area contributed by atoms with Gasteiger partial charge in [0.25, 0.3) is 5.91 Å². The van der Waals surface area contributed by atoms with Crippen LogP contribution in [-0.2, 0) is 0 Å². The van der Waals surface area contributed by atoms with Crippen LogP contribution in [0.1, 0.15) is 58.1 Å². The normalized spacial score (nSPS) is 20.0. The number of H-pyrrole nitrogens is 1. The number of piperidine rings is 1. The third kappa shape index (κ3) is 3.36. The number of aromatic nitrogens is 2. The summed E-state index contributed by atoms with van der Waals surface area (Å²) in [4.78, 5) is 27.3. The Balaban J connectivity index is 1.43. The van der Waals surface area contributed by atoms with E-state index < -0.39 is 0 Å². The van der Waals surface area contributed by atoms with Gasteiger partial charge in [-0.05, 0) is 56.0 Å². The second-order valence-corrected chi connectivity index (χ2v) is 7.17. The largest absolute Gasteiger partial charge is 0.497 e. The molecule has 1 amide bonds. The van der Waals surface area contributed by atoms with Gasteiger partial charge >= 0.3 is 0 Å². The van der Waals surface area contributed by atoms with E-state index in [0.29, 0.717) is 30.3 Å². The summed E-state index contributed by atoms with van der Waals surface area (Å²) >= 11 is 0. The van der Waals surface area contributed by atoms with Gasteiger partial charge in [-0.1, -0.05) is 0 Å². The Hall–Kier alpha value is -2.63. The summed E-state index contributed by atoms with van der Waals surface area (Å²) < 4.78 is 5.14. The Morgan fingerprint density at radius 2 is 1.96 bits per heavy atom. The van der Waals surface area contributed by atoms with Crippen molar-refractivity contribution >= 4 is 11.7 Å². The number of ether oxygens (including phenoxy) is 1. The lowest BCUT2D eigenvalue weighted by molar-refractivity contribution is 0.0632. The van der Waals surface area contributed by atoms with Crippen LogP contribution in [0.25, 0.3) is 0 Å². The van der Waals surface area contributed by atoms with Crippen LogP contribution in [0.3, 0.4) is 0 Å². The molecular formula is C20H23N3O3. The molecule has 1 aliphatic carbocycles. The van der Waals surface area contributed by atoms with E-state index in [4.69, 9.17) is 4.74 Å². The predicted octanol–water partition coefficient (Wildman–Crippen LogP) is 3.03. The Kier molecular flexibility index (Phi) is 4.49. The highest BCUT2D eigenvalue weighted by atomic mass is 16.5. The van der Waals surface area contributed by atoms with Crippen LogP contribution in [0.5, 0.6) is 5.75 Å². The first kappa shape index (κ1) is 16.8. The topological polar surface area (TPSA) is 75.3 Å².